The van der Waals surface area contributed by atoms with Crippen molar-refractivity contribution in [3.05, 3.63) is 35.5 Å². The van der Waals surface area contributed by atoms with Gasteiger partial charge in [0.2, 0.25) is 0 Å². The molecule has 2 N–H and O–H groups in total. The average Bonchev–Trinajstić information content (AvgIpc) is 3.08. The highest BCUT2D eigenvalue weighted by molar-refractivity contribution is 5.96. The van der Waals surface area contributed by atoms with Gasteiger partial charge in [-0.1, -0.05) is 0 Å². The van der Waals surface area contributed by atoms with Crippen LogP contribution < -0.4 is 0 Å². The Morgan fingerprint density at radius 1 is 1.18 bits per heavy atom. The monoisotopic (exact) mass is 302 g/mol. The lowest BCUT2D eigenvalue weighted by atomic mass is 10.0. The van der Waals surface area contributed by atoms with Gasteiger partial charge < -0.3 is 14.8 Å². The molecule has 3 rings (SSSR count). The smallest absolute Gasteiger partial charge is 0.335 e. The second-order valence-corrected chi connectivity index (χ2v) is 5.72. The van der Waals surface area contributed by atoms with Gasteiger partial charge in [0.15, 0.2) is 0 Å². The van der Waals surface area contributed by atoms with Gasteiger partial charge in [0.25, 0.3) is 0 Å². The maximum Gasteiger partial charge on any atom is 0.335 e. The lowest BCUT2D eigenvalue weighted by Gasteiger charge is -2.23. The Morgan fingerprint density at radius 3 is 2.45 bits per heavy atom. The molecule has 6 heteroatoms. The van der Waals surface area contributed by atoms with Crippen molar-refractivity contribution in [2.45, 2.75) is 18.9 Å². The molecule has 1 aliphatic heterocycles. The lowest BCUT2D eigenvalue weighted by molar-refractivity contribution is -0.143. The van der Waals surface area contributed by atoms with Gasteiger partial charge in [-0.05, 0) is 44.1 Å². The van der Waals surface area contributed by atoms with Gasteiger partial charge in [0, 0.05) is 29.7 Å². The van der Waals surface area contributed by atoms with Crippen LogP contribution in [0.25, 0.3) is 10.9 Å². The predicted molar refractivity (Wildman–Crippen MR) is 81.1 cm³/mol. The van der Waals surface area contributed by atoms with Gasteiger partial charge in [-0.3, -0.25) is 9.69 Å². The second-order valence-electron chi connectivity index (χ2n) is 5.72. The van der Waals surface area contributed by atoms with Crippen molar-refractivity contribution in [1.29, 1.82) is 0 Å². The van der Waals surface area contributed by atoms with E-state index in [1.807, 2.05) is 16.5 Å². The molecule has 1 aromatic heterocycles. The van der Waals surface area contributed by atoms with Crippen LogP contribution in [0.5, 0.6) is 0 Å². The van der Waals surface area contributed by atoms with Crippen LogP contribution in [-0.2, 0) is 11.8 Å². The number of hydrogen-bond donors (Lipinski definition) is 2. The van der Waals surface area contributed by atoms with Crippen molar-refractivity contribution in [3.63, 3.8) is 0 Å². The lowest BCUT2D eigenvalue weighted by Crippen LogP contribution is -2.31. The normalized spacial score (nSPS) is 17.0. The van der Waals surface area contributed by atoms with Gasteiger partial charge in [0.1, 0.15) is 6.04 Å². The van der Waals surface area contributed by atoms with Crippen LogP contribution >= 0.6 is 0 Å². The largest absolute Gasteiger partial charge is 0.480 e. The van der Waals surface area contributed by atoms with E-state index in [9.17, 15) is 14.7 Å². The van der Waals surface area contributed by atoms with E-state index in [-0.39, 0.29) is 5.56 Å². The molecule has 22 heavy (non-hydrogen) atoms. The number of carboxylic acid groups (broad SMARTS) is 2. The minimum absolute atomic E-state index is 0.172. The molecule has 1 saturated heterocycles. The molecule has 0 spiro atoms. The molecule has 0 aliphatic carbocycles. The molecule has 6 nitrogen and oxygen atoms in total. The first-order chi connectivity index (χ1) is 10.5. The Labute approximate surface area is 127 Å². The van der Waals surface area contributed by atoms with E-state index >= 15 is 0 Å². The molecule has 0 amide bonds. The first-order valence-corrected chi connectivity index (χ1v) is 7.28. The number of aromatic carboxylic acids is 1. The summed E-state index contributed by atoms with van der Waals surface area (Å²) in [5, 5.41) is 19.5. The van der Waals surface area contributed by atoms with Crippen LogP contribution in [0.4, 0.5) is 0 Å². The highest BCUT2D eigenvalue weighted by atomic mass is 16.4. The molecule has 1 fully saturated rings. The SMILES string of the molecule is Cn1cc([C@@H](C(=O)O)N2CCCC2)c2cc(C(=O)O)ccc21. The summed E-state index contributed by atoms with van der Waals surface area (Å²) in [5.74, 6) is -1.90. The predicted octanol–water partition coefficient (Wildman–Crippen LogP) is 2.10. The molecular formula is C16H18N2O4. The third-order valence-corrected chi connectivity index (χ3v) is 4.30. The molecule has 0 unspecified atom stereocenters. The minimum atomic E-state index is -1.01. The van der Waals surface area contributed by atoms with Crippen LogP contribution in [0.15, 0.2) is 24.4 Å². The van der Waals surface area contributed by atoms with Crippen LogP contribution in [0.1, 0.15) is 34.8 Å². The van der Waals surface area contributed by atoms with E-state index in [0.717, 1.165) is 31.4 Å². The van der Waals surface area contributed by atoms with Gasteiger partial charge in [-0.2, -0.15) is 0 Å². The molecule has 0 radical (unpaired) electrons. The van der Waals surface area contributed by atoms with E-state index in [4.69, 9.17) is 5.11 Å². The van der Waals surface area contributed by atoms with Crippen molar-refractivity contribution in [2.24, 2.45) is 7.05 Å². The zero-order valence-electron chi connectivity index (χ0n) is 12.3. The van der Waals surface area contributed by atoms with Gasteiger partial charge in [-0.15, -0.1) is 0 Å². The fraction of sp³-hybridized carbons (Fsp3) is 0.375. The summed E-state index contributed by atoms with van der Waals surface area (Å²) < 4.78 is 1.85. The summed E-state index contributed by atoms with van der Waals surface area (Å²) in [7, 11) is 1.84. The van der Waals surface area contributed by atoms with Crippen LogP contribution in [0.3, 0.4) is 0 Å². The Kier molecular flexibility index (Phi) is 3.62. The van der Waals surface area contributed by atoms with Crippen molar-refractivity contribution in [3.8, 4) is 0 Å². The average molecular weight is 302 g/mol. The summed E-state index contributed by atoms with van der Waals surface area (Å²) in [4.78, 5) is 24.9. The standard InChI is InChI=1S/C16H18N2O4/c1-17-9-12(14(16(21)22)18-6-2-3-7-18)11-8-10(15(19)20)4-5-13(11)17/h4-5,8-9,14H,2-3,6-7H2,1H3,(H,19,20)(H,21,22)/t14-/m0/s1. The highest BCUT2D eigenvalue weighted by Gasteiger charge is 2.32. The molecular weight excluding hydrogens is 284 g/mol. The number of hydrogen-bond acceptors (Lipinski definition) is 3. The van der Waals surface area contributed by atoms with Gasteiger partial charge in [-0.25, -0.2) is 4.79 Å². The number of benzene rings is 1. The first kappa shape index (κ1) is 14.6. The number of nitrogens with zero attached hydrogens (tertiary/aromatic N) is 2. The molecule has 2 aromatic rings. The van der Waals surface area contributed by atoms with Gasteiger partial charge in [0.05, 0.1) is 5.56 Å². The highest BCUT2D eigenvalue weighted by Crippen LogP contribution is 2.32. The number of aromatic nitrogens is 1. The molecule has 1 aromatic carbocycles. The molecule has 1 aliphatic rings. The Balaban J connectivity index is 2.17. The Bertz CT molecular complexity index is 744. The van der Waals surface area contributed by atoms with E-state index in [1.54, 1.807) is 24.4 Å². The van der Waals surface area contributed by atoms with E-state index < -0.39 is 18.0 Å². The minimum Gasteiger partial charge on any atom is -0.480 e. The summed E-state index contributed by atoms with van der Waals surface area (Å²) in [6, 6.07) is 4.11. The van der Waals surface area contributed by atoms with E-state index in [2.05, 4.69) is 0 Å². The maximum absolute atomic E-state index is 11.8. The fourth-order valence-corrected chi connectivity index (χ4v) is 3.26. The summed E-state index contributed by atoms with van der Waals surface area (Å²) >= 11 is 0. The second kappa shape index (κ2) is 5.46. The molecule has 116 valence electrons. The Hall–Kier alpha value is -2.34. The number of aliphatic carboxylic acids is 1. The van der Waals surface area contributed by atoms with Gasteiger partial charge >= 0.3 is 11.9 Å². The van der Waals surface area contributed by atoms with E-state index in [1.165, 1.54) is 0 Å². The first-order valence-electron chi connectivity index (χ1n) is 7.28. The van der Waals surface area contributed by atoms with Crippen molar-refractivity contribution in [1.82, 2.24) is 9.47 Å². The zero-order valence-corrected chi connectivity index (χ0v) is 12.3. The van der Waals surface area contributed by atoms with Crippen LogP contribution in [0, 0.1) is 0 Å². The summed E-state index contributed by atoms with van der Waals surface area (Å²) in [6.45, 7) is 1.51. The molecule has 2 heterocycles. The van der Waals surface area contributed by atoms with Crippen LogP contribution in [-0.4, -0.2) is 44.7 Å². The topological polar surface area (TPSA) is 82.8 Å². The quantitative estimate of drug-likeness (QED) is 0.903. The third-order valence-electron chi connectivity index (χ3n) is 4.30. The van der Waals surface area contributed by atoms with Crippen LogP contribution in [0.2, 0.25) is 0 Å². The Morgan fingerprint density at radius 2 is 1.86 bits per heavy atom. The number of aryl methyl sites for hydroxylation is 1. The zero-order chi connectivity index (χ0) is 15.9. The number of likely N-dealkylation sites (tertiary alicyclic amines) is 1. The maximum atomic E-state index is 11.8. The summed E-state index contributed by atoms with van der Waals surface area (Å²) in [6.07, 6.45) is 3.79. The fourth-order valence-electron chi connectivity index (χ4n) is 3.26. The van der Waals surface area contributed by atoms with Crippen molar-refractivity contribution in [2.75, 3.05) is 13.1 Å². The number of carbonyl (C=O) groups is 2. The molecule has 0 bridgehead atoms. The number of fused-ring (bicyclic) bond motifs is 1. The van der Waals surface area contributed by atoms with E-state index in [0.29, 0.717) is 10.9 Å². The summed E-state index contributed by atoms with van der Waals surface area (Å²) in [5.41, 5.74) is 1.67. The third kappa shape index (κ3) is 2.35. The molecule has 1 atom stereocenters. The number of rotatable bonds is 4. The number of carboxylic acids is 2. The van der Waals surface area contributed by atoms with Crippen molar-refractivity contribution < 1.29 is 19.8 Å². The molecule has 0 saturated carbocycles. The van der Waals surface area contributed by atoms with Crippen molar-refractivity contribution >= 4 is 22.8 Å².